The third-order valence-corrected chi connectivity index (χ3v) is 3.74. The standard InChI is InChI=1S/C20H23ClN2O3/c1-13(2)11-19(24)22-16-7-9-17(10-8-16)23-20(25)14(3)26-18-6-4-5-15(21)12-18/h4-10,12-14H,11H2,1-3H3,(H,22,24)(H,23,25). The van der Waals surface area contributed by atoms with E-state index in [0.717, 1.165) is 0 Å². The predicted octanol–water partition coefficient (Wildman–Crippen LogP) is 4.73. The maximum absolute atomic E-state index is 12.2. The molecule has 2 amide bonds. The normalized spacial score (nSPS) is 11.7. The van der Waals surface area contributed by atoms with Crippen molar-refractivity contribution >= 4 is 34.8 Å². The molecule has 1 atom stereocenters. The van der Waals surface area contributed by atoms with Gasteiger partial charge in [0, 0.05) is 22.8 Å². The zero-order valence-electron chi connectivity index (χ0n) is 15.1. The molecule has 0 fully saturated rings. The molecule has 0 bridgehead atoms. The van der Waals surface area contributed by atoms with Crippen molar-refractivity contribution in [3.63, 3.8) is 0 Å². The monoisotopic (exact) mass is 374 g/mol. The largest absolute Gasteiger partial charge is 0.481 e. The van der Waals surface area contributed by atoms with Crippen molar-refractivity contribution in [2.45, 2.75) is 33.3 Å². The molecule has 2 aromatic carbocycles. The van der Waals surface area contributed by atoms with Crippen LogP contribution in [0.1, 0.15) is 27.2 Å². The minimum absolute atomic E-state index is 0.0275. The van der Waals surface area contributed by atoms with E-state index in [9.17, 15) is 9.59 Å². The molecule has 26 heavy (non-hydrogen) atoms. The lowest BCUT2D eigenvalue weighted by molar-refractivity contribution is -0.122. The van der Waals surface area contributed by atoms with E-state index in [0.29, 0.717) is 34.5 Å². The Balaban J connectivity index is 1.89. The molecule has 0 aliphatic rings. The van der Waals surface area contributed by atoms with E-state index in [4.69, 9.17) is 16.3 Å². The van der Waals surface area contributed by atoms with E-state index >= 15 is 0 Å². The van der Waals surface area contributed by atoms with Crippen molar-refractivity contribution in [3.8, 4) is 5.75 Å². The molecule has 0 aromatic heterocycles. The van der Waals surface area contributed by atoms with E-state index in [2.05, 4.69) is 10.6 Å². The summed E-state index contributed by atoms with van der Waals surface area (Å²) in [6, 6.07) is 13.8. The molecule has 2 N–H and O–H groups in total. The first-order valence-electron chi connectivity index (χ1n) is 8.46. The molecular formula is C20H23ClN2O3. The first kappa shape index (κ1) is 19.8. The van der Waals surface area contributed by atoms with E-state index in [1.165, 1.54) is 0 Å². The molecule has 2 aromatic rings. The zero-order valence-corrected chi connectivity index (χ0v) is 15.8. The number of hydrogen-bond acceptors (Lipinski definition) is 3. The van der Waals surface area contributed by atoms with Gasteiger partial charge in [0.1, 0.15) is 5.75 Å². The van der Waals surface area contributed by atoms with Crippen LogP contribution in [0.15, 0.2) is 48.5 Å². The third-order valence-electron chi connectivity index (χ3n) is 3.51. The fourth-order valence-electron chi connectivity index (χ4n) is 2.26. The number of carbonyl (C=O) groups excluding carboxylic acids is 2. The summed E-state index contributed by atoms with van der Waals surface area (Å²) in [6.07, 6.45) is -0.212. The van der Waals surface area contributed by atoms with Crippen LogP contribution in [0.5, 0.6) is 5.75 Å². The number of rotatable bonds is 7. The number of amides is 2. The Morgan fingerprint density at radius 3 is 2.19 bits per heavy atom. The molecule has 6 heteroatoms. The summed E-state index contributed by atoms with van der Waals surface area (Å²) < 4.78 is 5.59. The number of nitrogens with one attached hydrogen (secondary N) is 2. The van der Waals surface area contributed by atoms with Gasteiger partial charge in [0.05, 0.1) is 0 Å². The van der Waals surface area contributed by atoms with Gasteiger partial charge in [0.15, 0.2) is 6.10 Å². The van der Waals surface area contributed by atoms with Gasteiger partial charge in [0.25, 0.3) is 5.91 Å². The Hall–Kier alpha value is -2.53. The Labute approximate surface area is 158 Å². The SMILES string of the molecule is CC(C)CC(=O)Nc1ccc(NC(=O)C(C)Oc2cccc(Cl)c2)cc1. The number of benzene rings is 2. The Kier molecular flexibility index (Phi) is 7.04. The van der Waals surface area contributed by atoms with Crippen LogP contribution < -0.4 is 15.4 Å². The summed E-state index contributed by atoms with van der Waals surface area (Å²) in [6.45, 7) is 5.65. The lowest BCUT2D eigenvalue weighted by Gasteiger charge is -2.15. The first-order chi connectivity index (χ1) is 12.3. The highest BCUT2D eigenvalue weighted by Crippen LogP contribution is 2.19. The van der Waals surface area contributed by atoms with Crippen molar-refractivity contribution in [2.24, 2.45) is 5.92 Å². The summed E-state index contributed by atoms with van der Waals surface area (Å²) in [4.78, 5) is 24.0. The number of carbonyl (C=O) groups is 2. The molecule has 5 nitrogen and oxygen atoms in total. The zero-order chi connectivity index (χ0) is 19.1. The van der Waals surface area contributed by atoms with Crippen LogP contribution in [0.3, 0.4) is 0 Å². The van der Waals surface area contributed by atoms with Gasteiger partial charge in [0.2, 0.25) is 5.91 Å². The lowest BCUT2D eigenvalue weighted by Crippen LogP contribution is -2.30. The van der Waals surface area contributed by atoms with Gasteiger partial charge in [-0.1, -0.05) is 31.5 Å². The van der Waals surface area contributed by atoms with Crippen LogP contribution in [0, 0.1) is 5.92 Å². The highest BCUT2D eigenvalue weighted by Gasteiger charge is 2.15. The van der Waals surface area contributed by atoms with Gasteiger partial charge in [-0.15, -0.1) is 0 Å². The maximum Gasteiger partial charge on any atom is 0.265 e. The minimum Gasteiger partial charge on any atom is -0.481 e. The topological polar surface area (TPSA) is 67.4 Å². The summed E-state index contributed by atoms with van der Waals surface area (Å²) in [7, 11) is 0. The van der Waals surface area contributed by atoms with E-state index in [1.807, 2.05) is 13.8 Å². The highest BCUT2D eigenvalue weighted by molar-refractivity contribution is 6.30. The van der Waals surface area contributed by atoms with Crippen molar-refractivity contribution in [2.75, 3.05) is 10.6 Å². The van der Waals surface area contributed by atoms with Crippen LogP contribution >= 0.6 is 11.6 Å². The fourth-order valence-corrected chi connectivity index (χ4v) is 2.44. The van der Waals surface area contributed by atoms with Gasteiger partial charge in [-0.25, -0.2) is 0 Å². The second kappa shape index (κ2) is 9.25. The summed E-state index contributed by atoms with van der Waals surface area (Å²) >= 11 is 5.91. The molecule has 0 radical (unpaired) electrons. The smallest absolute Gasteiger partial charge is 0.265 e. The quantitative estimate of drug-likeness (QED) is 0.736. The van der Waals surface area contributed by atoms with Crippen LogP contribution in [0.4, 0.5) is 11.4 Å². The molecule has 0 saturated heterocycles. The molecule has 0 saturated carbocycles. The van der Waals surface area contributed by atoms with Crippen molar-refractivity contribution in [1.29, 1.82) is 0 Å². The van der Waals surface area contributed by atoms with E-state index in [1.54, 1.807) is 55.5 Å². The second-order valence-corrected chi connectivity index (χ2v) is 6.87. The van der Waals surface area contributed by atoms with Gasteiger partial charge in [-0.3, -0.25) is 9.59 Å². The first-order valence-corrected chi connectivity index (χ1v) is 8.84. The van der Waals surface area contributed by atoms with E-state index in [-0.39, 0.29) is 11.8 Å². The Bertz CT molecular complexity index is 760. The molecule has 0 spiro atoms. The van der Waals surface area contributed by atoms with Gasteiger partial charge < -0.3 is 15.4 Å². The highest BCUT2D eigenvalue weighted by atomic mass is 35.5. The molecule has 0 aliphatic carbocycles. The van der Waals surface area contributed by atoms with Crippen LogP contribution in [0.2, 0.25) is 5.02 Å². The lowest BCUT2D eigenvalue weighted by atomic mass is 10.1. The van der Waals surface area contributed by atoms with E-state index < -0.39 is 6.10 Å². The van der Waals surface area contributed by atoms with Crippen LogP contribution in [-0.4, -0.2) is 17.9 Å². The van der Waals surface area contributed by atoms with Crippen molar-refractivity contribution < 1.29 is 14.3 Å². The Morgan fingerprint density at radius 2 is 1.62 bits per heavy atom. The summed E-state index contributed by atoms with van der Waals surface area (Å²) in [5.74, 6) is 0.528. The number of halogens is 1. The predicted molar refractivity (Wildman–Crippen MR) is 105 cm³/mol. The molecule has 0 aliphatic heterocycles. The van der Waals surface area contributed by atoms with Crippen LogP contribution in [-0.2, 0) is 9.59 Å². The van der Waals surface area contributed by atoms with Gasteiger partial charge in [-0.2, -0.15) is 0 Å². The minimum atomic E-state index is -0.682. The van der Waals surface area contributed by atoms with Gasteiger partial charge in [-0.05, 0) is 55.3 Å². The van der Waals surface area contributed by atoms with Gasteiger partial charge >= 0.3 is 0 Å². The molecular weight excluding hydrogens is 352 g/mol. The number of hydrogen-bond donors (Lipinski definition) is 2. The van der Waals surface area contributed by atoms with Crippen molar-refractivity contribution in [3.05, 3.63) is 53.6 Å². The average molecular weight is 375 g/mol. The summed E-state index contributed by atoms with van der Waals surface area (Å²) in [5, 5.41) is 6.15. The Morgan fingerprint density at radius 1 is 1.00 bits per heavy atom. The molecule has 1 unspecified atom stereocenters. The summed E-state index contributed by atoms with van der Waals surface area (Å²) in [5.41, 5.74) is 1.32. The fraction of sp³-hybridized carbons (Fsp3) is 0.300. The third kappa shape index (κ3) is 6.41. The molecule has 0 heterocycles. The van der Waals surface area contributed by atoms with Crippen LogP contribution in [0.25, 0.3) is 0 Å². The average Bonchev–Trinajstić information content (AvgIpc) is 2.55. The molecule has 138 valence electrons. The second-order valence-electron chi connectivity index (χ2n) is 6.43. The molecule has 2 rings (SSSR count). The number of anilines is 2. The van der Waals surface area contributed by atoms with Crippen molar-refractivity contribution in [1.82, 2.24) is 0 Å². The number of ether oxygens (including phenoxy) is 1. The maximum atomic E-state index is 12.2.